The summed E-state index contributed by atoms with van der Waals surface area (Å²) in [5, 5.41) is 2.91. The standard InChI is InChI=1S/C25H35N3O4S/c1-7-20(4)26-25(30)21(5)27(16-22-11-9-8-10-12-22)24(29)17-28(33(6,31)32)23-14-13-18(2)19(3)15-23/h8-15,20-21H,7,16-17H2,1-6H3,(H,26,30)/t20-,21-/m0/s1. The summed E-state index contributed by atoms with van der Waals surface area (Å²) in [6.45, 7) is 9.17. The predicted molar refractivity (Wildman–Crippen MR) is 132 cm³/mol. The van der Waals surface area contributed by atoms with Gasteiger partial charge in [-0.25, -0.2) is 8.42 Å². The van der Waals surface area contributed by atoms with Gasteiger partial charge in [-0.05, 0) is 62.9 Å². The Labute approximate surface area is 197 Å². The molecule has 2 atom stereocenters. The van der Waals surface area contributed by atoms with E-state index in [2.05, 4.69) is 5.32 Å². The van der Waals surface area contributed by atoms with Crippen LogP contribution in [0.2, 0.25) is 0 Å². The summed E-state index contributed by atoms with van der Waals surface area (Å²) >= 11 is 0. The molecule has 7 nitrogen and oxygen atoms in total. The fourth-order valence-electron chi connectivity index (χ4n) is 3.32. The molecule has 0 fully saturated rings. The van der Waals surface area contributed by atoms with Crippen molar-refractivity contribution in [1.29, 1.82) is 0 Å². The minimum atomic E-state index is -3.73. The van der Waals surface area contributed by atoms with Crippen molar-refractivity contribution in [2.75, 3.05) is 17.1 Å². The lowest BCUT2D eigenvalue weighted by molar-refractivity contribution is -0.139. The number of hydrogen-bond acceptors (Lipinski definition) is 4. The van der Waals surface area contributed by atoms with Crippen LogP contribution in [-0.2, 0) is 26.2 Å². The molecule has 0 radical (unpaired) electrons. The fraction of sp³-hybridized carbons (Fsp3) is 0.440. The Bertz CT molecular complexity index is 1070. The van der Waals surface area contributed by atoms with Crippen molar-refractivity contribution >= 4 is 27.5 Å². The number of anilines is 1. The zero-order valence-electron chi connectivity index (χ0n) is 20.3. The van der Waals surface area contributed by atoms with Gasteiger partial charge in [0.25, 0.3) is 0 Å². The van der Waals surface area contributed by atoms with Crippen molar-refractivity contribution < 1.29 is 18.0 Å². The Morgan fingerprint density at radius 2 is 1.64 bits per heavy atom. The normalized spacial score (nSPS) is 13.2. The van der Waals surface area contributed by atoms with Gasteiger partial charge in [-0.2, -0.15) is 0 Å². The molecule has 0 heterocycles. The van der Waals surface area contributed by atoms with E-state index in [1.165, 1.54) is 4.90 Å². The van der Waals surface area contributed by atoms with Crippen molar-refractivity contribution in [3.63, 3.8) is 0 Å². The summed E-state index contributed by atoms with van der Waals surface area (Å²) in [5.41, 5.74) is 3.23. The van der Waals surface area contributed by atoms with Gasteiger partial charge in [-0.1, -0.05) is 43.3 Å². The van der Waals surface area contributed by atoms with Crippen LogP contribution in [0.3, 0.4) is 0 Å². The first-order chi connectivity index (χ1) is 15.4. The van der Waals surface area contributed by atoms with Crippen LogP contribution in [0.15, 0.2) is 48.5 Å². The first-order valence-electron chi connectivity index (χ1n) is 11.1. The van der Waals surface area contributed by atoms with Crippen LogP contribution in [-0.4, -0.2) is 50.0 Å². The summed E-state index contributed by atoms with van der Waals surface area (Å²) in [5.74, 6) is -0.722. The van der Waals surface area contributed by atoms with E-state index in [4.69, 9.17) is 0 Å². The highest BCUT2D eigenvalue weighted by molar-refractivity contribution is 7.92. The van der Waals surface area contributed by atoms with Gasteiger partial charge in [0, 0.05) is 12.6 Å². The molecule has 0 aliphatic carbocycles. The van der Waals surface area contributed by atoms with Gasteiger partial charge in [-0.15, -0.1) is 0 Å². The smallest absolute Gasteiger partial charge is 0.244 e. The number of carbonyl (C=O) groups is 2. The first kappa shape index (κ1) is 26.4. The maximum atomic E-state index is 13.5. The molecule has 180 valence electrons. The van der Waals surface area contributed by atoms with E-state index < -0.39 is 28.5 Å². The highest BCUT2D eigenvalue weighted by Gasteiger charge is 2.30. The van der Waals surface area contributed by atoms with Gasteiger partial charge in [-0.3, -0.25) is 13.9 Å². The van der Waals surface area contributed by atoms with Gasteiger partial charge < -0.3 is 10.2 Å². The molecule has 1 N–H and O–H groups in total. The summed E-state index contributed by atoms with van der Waals surface area (Å²) in [6.07, 6.45) is 1.84. The SMILES string of the molecule is CC[C@H](C)NC(=O)[C@H](C)N(Cc1ccccc1)C(=O)CN(c1ccc(C)c(C)c1)S(C)(=O)=O. The van der Waals surface area contributed by atoms with E-state index in [-0.39, 0.29) is 18.5 Å². The second-order valence-electron chi connectivity index (χ2n) is 8.54. The van der Waals surface area contributed by atoms with E-state index in [9.17, 15) is 18.0 Å². The topological polar surface area (TPSA) is 86.8 Å². The number of nitrogens with one attached hydrogen (secondary N) is 1. The summed E-state index contributed by atoms with van der Waals surface area (Å²) in [7, 11) is -3.73. The predicted octanol–water partition coefficient (Wildman–Crippen LogP) is 3.40. The average molecular weight is 474 g/mol. The number of nitrogens with zero attached hydrogens (tertiary/aromatic N) is 2. The largest absolute Gasteiger partial charge is 0.352 e. The monoisotopic (exact) mass is 473 g/mol. The van der Waals surface area contributed by atoms with Gasteiger partial charge in [0.05, 0.1) is 11.9 Å². The van der Waals surface area contributed by atoms with Crippen LogP contribution in [0.25, 0.3) is 0 Å². The Balaban J connectivity index is 2.38. The van der Waals surface area contributed by atoms with E-state index in [0.29, 0.717) is 5.69 Å². The number of hydrogen-bond donors (Lipinski definition) is 1. The minimum Gasteiger partial charge on any atom is -0.352 e. The molecule has 33 heavy (non-hydrogen) atoms. The van der Waals surface area contributed by atoms with E-state index in [0.717, 1.165) is 33.7 Å². The lowest BCUT2D eigenvalue weighted by Gasteiger charge is -2.32. The van der Waals surface area contributed by atoms with Gasteiger partial charge in [0.2, 0.25) is 21.8 Å². The number of benzene rings is 2. The molecule has 0 aliphatic heterocycles. The Hall–Kier alpha value is -2.87. The molecule has 0 aliphatic rings. The quantitative estimate of drug-likeness (QED) is 0.573. The molecule has 0 saturated carbocycles. The Kier molecular flexibility index (Phi) is 9.05. The van der Waals surface area contributed by atoms with Crippen molar-refractivity contribution in [3.8, 4) is 0 Å². The number of aryl methyl sites for hydroxylation is 2. The highest BCUT2D eigenvalue weighted by atomic mass is 32.2. The maximum absolute atomic E-state index is 13.5. The zero-order chi connectivity index (χ0) is 24.8. The fourth-order valence-corrected chi connectivity index (χ4v) is 4.16. The number of rotatable bonds is 10. The van der Waals surface area contributed by atoms with Crippen LogP contribution in [0.5, 0.6) is 0 Å². The van der Waals surface area contributed by atoms with Gasteiger partial charge >= 0.3 is 0 Å². The molecule has 0 bridgehead atoms. The molecule has 2 aromatic carbocycles. The van der Waals surface area contributed by atoms with Crippen molar-refractivity contribution in [1.82, 2.24) is 10.2 Å². The van der Waals surface area contributed by atoms with Crippen molar-refractivity contribution in [2.24, 2.45) is 0 Å². The molecule has 0 aromatic heterocycles. The molecule has 0 spiro atoms. The molecule has 2 aromatic rings. The third-order valence-electron chi connectivity index (χ3n) is 5.82. The van der Waals surface area contributed by atoms with Crippen molar-refractivity contribution in [2.45, 2.75) is 59.7 Å². The lowest BCUT2D eigenvalue weighted by Crippen LogP contribution is -2.52. The summed E-state index contributed by atoms with van der Waals surface area (Å²) in [6, 6.07) is 13.8. The molecule has 2 rings (SSSR count). The van der Waals surface area contributed by atoms with Gasteiger partial charge in [0.15, 0.2) is 0 Å². The van der Waals surface area contributed by atoms with Crippen molar-refractivity contribution in [3.05, 3.63) is 65.2 Å². The zero-order valence-corrected chi connectivity index (χ0v) is 21.1. The Morgan fingerprint density at radius 1 is 1.00 bits per heavy atom. The second kappa shape index (κ2) is 11.3. The van der Waals surface area contributed by atoms with E-state index >= 15 is 0 Å². The molecular formula is C25H35N3O4S. The summed E-state index contributed by atoms with van der Waals surface area (Å²) < 4.78 is 26.3. The average Bonchev–Trinajstić information content (AvgIpc) is 2.76. The van der Waals surface area contributed by atoms with Crippen LogP contribution in [0, 0.1) is 13.8 Å². The number of amides is 2. The van der Waals surface area contributed by atoms with Crippen LogP contribution in [0.1, 0.15) is 43.9 Å². The lowest BCUT2D eigenvalue weighted by atomic mass is 10.1. The number of sulfonamides is 1. The third kappa shape index (κ3) is 7.32. The highest BCUT2D eigenvalue weighted by Crippen LogP contribution is 2.22. The maximum Gasteiger partial charge on any atom is 0.244 e. The van der Waals surface area contributed by atoms with Crippen LogP contribution >= 0.6 is 0 Å². The molecule has 0 saturated heterocycles. The second-order valence-corrected chi connectivity index (χ2v) is 10.4. The first-order valence-corrected chi connectivity index (χ1v) is 13.0. The minimum absolute atomic E-state index is 0.0309. The third-order valence-corrected chi connectivity index (χ3v) is 6.96. The molecule has 0 unspecified atom stereocenters. The van der Waals surface area contributed by atoms with Gasteiger partial charge in [0.1, 0.15) is 12.6 Å². The molecule has 2 amide bonds. The molecular weight excluding hydrogens is 438 g/mol. The Morgan fingerprint density at radius 3 is 2.18 bits per heavy atom. The van der Waals surface area contributed by atoms with Crippen LogP contribution < -0.4 is 9.62 Å². The van der Waals surface area contributed by atoms with Crippen LogP contribution in [0.4, 0.5) is 5.69 Å². The summed E-state index contributed by atoms with van der Waals surface area (Å²) in [4.78, 5) is 27.8. The van der Waals surface area contributed by atoms with E-state index in [1.54, 1.807) is 19.1 Å². The number of carbonyl (C=O) groups excluding carboxylic acids is 2. The van der Waals surface area contributed by atoms with E-state index in [1.807, 2.05) is 64.1 Å². The molecule has 8 heteroatoms.